The second-order valence-electron chi connectivity index (χ2n) is 2.94. The standard InChI is InChI=1S/C10H14FNO.ClH/c1-3-13-10-5-8(7(2)12)4-9(11)6-10;/h4-7H,3,12H2,1-2H3;1H. The van der Waals surface area contributed by atoms with Crippen LogP contribution >= 0.6 is 12.4 Å². The zero-order valence-corrected chi connectivity index (χ0v) is 9.10. The summed E-state index contributed by atoms with van der Waals surface area (Å²) in [5, 5.41) is 0. The maximum absolute atomic E-state index is 13.0. The summed E-state index contributed by atoms with van der Waals surface area (Å²) in [7, 11) is 0. The maximum Gasteiger partial charge on any atom is 0.127 e. The quantitative estimate of drug-likeness (QED) is 0.849. The van der Waals surface area contributed by atoms with Gasteiger partial charge in [0.2, 0.25) is 0 Å². The monoisotopic (exact) mass is 219 g/mol. The second-order valence-corrected chi connectivity index (χ2v) is 2.94. The maximum atomic E-state index is 13.0. The van der Waals surface area contributed by atoms with Crippen LogP contribution in [0.2, 0.25) is 0 Å². The molecule has 80 valence electrons. The summed E-state index contributed by atoms with van der Waals surface area (Å²) in [5.41, 5.74) is 6.38. The zero-order valence-electron chi connectivity index (χ0n) is 8.29. The van der Waals surface area contributed by atoms with Gasteiger partial charge in [-0.1, -0.05) is 0 Å². The Morgan fingerprint density at radius 3 is 2.57 bits per heavy atom. The van der Waals surface area contributed by atoms with Crippen LogP contribution < -0.4 is 10.5 Å². The first-order chi connectivity index (χ1) is 6.13. The van der Waals surface area contributed by atoms with Crippen LogP contribution in [0.25, 0.3) is 0 Å². The van der Waals surface area contributed by atoms with E-state index < -0.39 is 0 Å². The number of hydrogen-bond donors (Lipinski definition) is 1. The molecule has 0 saturated carbocycles. The van der Waals surface area contributed by atoms with Gasteiger partial charge >= 0.3 is 0 Å². The van der Waals surface area contributed by atoms with Crippen molar-refractivity contribution in [2.45, 2.75) is 19.9 Å². The molecule has 0 aliphatic carbocycles. The van der Waals surface area contributed by atoms with Gasteiger partial charge in [0, 0.05) is 12.1 Å². The fraction of sp³-hybridized carbons (Fsp3) is 0.400. The molecule has 0 aliphatic heterocycles. The predicted octanol–water partition coefficient (Wildman–Crippen LogP) is 2.67. The molecule has 1 aromatic rings. The van der Waals surface area contributed by atoms with Crippen molar-refractivity contribution in [2.75, 3.05) is 6.61 Å². The van der Waals surface area contributed by atoms with Crippen LogP contribution in [-0.4, -0.2) is 6.61 Å². The highest BCUT2D eigenvalue weighted by Crippen LogP contribution is 2.19. The van der Waals surface area contributed by atoms with Crippen molar-refractivity contribution in [1.29, 1.82) is 0 Å². The second kappa shape index (κ2) is 5.83. The van der Waals surface area contributed by atoms with Crippen molar-refractivity contribution in [3.05, 3.63) is 29.6 Å². The number of nitrogens with two attached hydrogens (primary N) is 1. The molecule has 0 radical (unpaired) electrons. The Hall–Kier alpha value is -0.800. The molecule has 0 heterocycles. The van der Waals surface area contributed by atoms with Gasteiger partial charge in [0.05, 0.1) is 6.61 Å². The third kappa shape index (κ3) is 3.52. The molecule has 2 N–H and O–H groups in total. The summed E-state index contributed by atoms with van der Waals surface area (Å²) in [5.74, 6) is 0.230. The molecule has 0 aliphatic rings. The highest BCUT2D eigenvalue weighted by atomic mass is 35.5. The van der Waals surface area contributed by atoms with Crippen LogP contribution in [-0.2, 0) is 0 Å². The highest BCUT2D eigenvalue weighted by molar-refractivity contribution is 5.85. The van der Waals surface area contributed by atoms with Gasteiger partial charge in [-0.25, -0.2) is 4.39 Å². The molecule has 0 bridgehead atoms. The summed E-state index contributed by atoms with van der Waals surface area (Å²) in [6.45, 7) is 4.20. The fourth-order valence-electron chi connectivity index (χ4n) is 1.10. The van der Waals surface area contributed by atoms with Crippen LogP contribution in [0.3, 0.4) is 0 Å². The molecule has 1 unspecified atom stereocenters. The van der Waals surface area contributed by atoms with Gasteiger partial charge in [0.15, 0.2) is 0 Å². The molecule has 0 amide bonds. The van der Waals surface area contributed by atoms with Crippen molar-refractivity contribution in [3.8, 4) is 5.75 Å². The zero-order chi connectivity index (χ0) is 9.84. The lowest BCUT2D eigenvalue weighted by molar-refractivity contribution is 0.337. The first-order valence-corrected chi connectivity index (χ1v) is 4.32. The Morgan fingerprint density at radius 2 is 2.07 bits per heavy atom. The van der Waals surface area contributed by atoms with E-state index in [2.05, 4.69) is 0 Å². The van der Waals surface area contributed by atoms with E-state index in [-0.39, 0.29) is 24.3 Å². The van der Waals surface area contributed by atoms with Crippen molar-refractivity contribution >= 4 is 12.4 Å². The van der Waals surface area contributed by atoms with Crippen molar-refractivity contribution < 1.29 is 9.13 Å². The van der Waals surface area contributed by atoms with Gasteiger partial charge in [-0.05, 0) is 31.5 Å². The van der Waals surface area contributed by atoms with E-state index in [4.69, 9.17) is 10.5 Å². The Labute approximate surface area is 89.7 Å². The molecule has 0 saturated heterocycles. The molecule has 4 heteroatoms. The molecule has 1 rings (SSSR count). The average Bonchev–Trinajstić information content (AvgIpc) is 2.03. The molecule has 1 atom stereocenters. The van der Waals surface area contributed by atoms with Crippen LogP contribution in [0.4, 0.5) is 4.39 Å². The SMILES string of the molecule is CCOc1cc(F)cc(C(C)N)c1.Cl. The molecule has 2 nitrogen and oxygen atoms in total. The fourth-order valence-corrected chi connectivity index (χ4v) is 1.10. The molecule has 1 aromatic carbocycles. The van der Waals surface area contributed by atoms with Crippen LogP contribution in [0.5, 0.6) is 5.75 Å². The Kier molecular flexibility index (Phi) is 5.50. The van der Waals surface area contributed by atoms with E-state index in [1.807, 2.05) is 13.8 Å². The third-order valence-corrected chi connectivity index (χ3v) is 1.73. The van der Waals surface area contributed by atoms with Gasteiger partial charge in [0.25, 0.3) is 0 Å². The van der Waals surface area contributed by atoms with Crippen LogP contribution in [0, 0.1) is 5.82 Å². The van der Waals surface area contributed by atoms with Gasteiger partial charge in [-0.3, -0.25) is 0 Å². The number of ether oxygens (including phenoxy) is 1. The van der Waals surface area contributed by atoms with Crippen LogP contribution in [0.15, 0.2) is 18.2 Å². The Balaban J connectivity index is 0.00000169. The lowest BCUT2D eigenvalue weighted by atomic mass is 10.1. The van der Waals surface area contributed by atoms with Gasteiger partial charge in [-0.15, -0.1) is 12.4 Å². The van der Waals surface area contributed by atoms with E-state index in [1.165, 1.54) is 12.1 Å². The molecular weight excluding hydrogens is 205 g/mol. The summed E-state index contributed by atoms with van der Waals surface area (Å²) in [6, 6.07) is 4.37. The first kappa shape index (κ1) is 13.2. The summed E-state index contributed by atoms with van der Waals surface area (Å²) < 4.78 is 18.2. The van der Waals surface area contributed by atoms with Crippen molar-refractivity contribution in [1.82, 2.24) is 0 Å². The molecule has 0 aromatic heterocycles. The van der Waals surface area contributed by atoms with Crippen LogP contribution in [0.1, 0.15) is 25.5 Å². The highest BCUT2D eigenvalue weighted by Gasteiger charge is 2.04. The largest absolute Gasteiger partial charge is 0.494 e. The van der Waals surface area contributed by atoms with E-state index in [0.717, 1.165) is 5.56 Å². The minimum atomic E-state index is -0.307. The Morgan fingerprint density at radius 1 is 1.43 bits per heavy atom. The predicted molar refractivity (Wildman–Crippen MR) is 57.4 cm³/mol. The number of hydrogen-bond acceptors (Lipinski definition) is 2. The van der Waals surface area contributed by atoms with Gasteiger partial charge in [-0.2, -0.15) is 0 Å². The first-order valence-electron chi connectivity index (χ1n) is 4.32. The smallest absolute Gasteiger partial charge is 0.127 e. The third-order valence-electron chi connectivity index (χ3n) is 1.73. The number of benzene rings is 1. The van der Waals surface area contributed by atoms with Gasteiger partial charge < -0.3 is 10.5 Å². The minimum absolute atomic E-state index is 0. The molecule has 0 spiro atoms. The normalized spacial score (nSPS) is 11.7. The molecule has 0 fully saturated rings. The van der Waals surface area contributed by atoms with Crippen molar-refractivity contribution in [2.24, 2.45) is 5.73 Å². The molecule has 14 heavy (non-hydrogen) atoms. The summed E-state index contributed by atoms with van der Waals surface area (Å²) in [6.07, 6.45) is 0. The van der Waals surface area contributed by atoms with E-state index in [0.29, 0.717) is 12.4 Å². The topological polar surface area (TPSA) is 35.2 Å². The van der Waals surface area contributed by atoms with E-state index in [9.17, 15) is 4.39 Å². The number of rotatable bonds is 3. The Bertz CT molecular complexity index is 291. The summed E-state index contributed by atoms with van der Waals surface area (Å²) >= 11 is 0. The summed E-state index contributed by atoms with van der Waals surface area (Å²) in [4.78, 5) is 0. The van der Waals surface area contributed by atoms with Gasteiger partial charge in [0.1, 0.15) is 11.6 Å². The van der Waals surface area contributed by atoms with E-state index in [1.54, 1.807) is 6.07 Å². The van der Waals surface area contributed by atoms with Crippen molar-refractivity contribution in [3.63, 3.8) is 0 Å². The molecular formula is C10H15ClFNO. The lowest BCUT2D eigenvalue weighted by Gasteiger charge is -2.09. The lowest BCUT2D eigenvalue weighted by Crippen LogP contribution is -2.06. The number of halogens is 2. The average molecular weight is 220 g/mol. The van der Waals surface area contributed by atoms with E-state index >= 15 is 0 Å². The minimum Gasteiger partial charge on any atom is -0.494 e.